The van der Waals surface area contributed by atoms with Gasteiger partial charge in [0, 0.05) is 24.0 Å². The van der Waals surface area contributed by atoms with Crippen LogP contribution in [0.2, 0.25) is 0 Å². The van der Waals surface area contributed by atoms with E-state index in [9.17, 15) is 13.2 Å². The smallest absolute Gasteiger partial charge is 0.305 e. The average Bonchev–Trinajstić information content (AvgIpc) is 3.21. The van der Waals surface area contributed by atoms with E-state index in [0.717, 1.165) is 24.6 Å². The third-order valence-electron chi connectivity index (χ3n) is 5.25. The zero-order valence-electron chi connectivity index (χ0n) is 15.6. The van der Waals surface area contributed by atoms with Crippen LogP contribution < -0.4 is 5.69 Å². The van der Waals surface area contributed by atoms with E-state index in [1.165, 1.54) is 8.82 Å². The number of hydrogen-bond acceptors (Lipinski definition) is 5. The van der Waals surface area contributed by atoms with Gasteiger partial charge in [0.1, 0.15) is 0 Å². The molecular weight excluding hydrogens is 390 g/mol. The van der Waals surface area contributed by atoms with E-state index < -0.39 is 15.7 Å². The molecular formula is C20H19N5O3S. The number of piperidine rings is 1. The summed E-state index contributed by atoms with van der Waals surface area (Å²) in [6.45, 7) is 1.08. The van der Waals surface area contributed by atoms with Crippen molar-refractivity contribution in [2.75, 3.05) is 13.1 Å². The standard InChI is InChI=1S/C20H19N5O3S/c26-20-21-17-10-3-2-9-16(17)19-22-18(23-25(19)20)14-7-6-8-15(13-14)29(27,28)24-11-4-1-5-12-24/h2-3,6-10,13H,1,4-5,11-12H2,(H,21,26). The quantitative estimate of drug-likeness (QED) is 0.560. The lowest BCUT2D eigenvalue weighted by Gasteiger charge is -2.25. The zero-order chi connectivity index (χ0) is 20.0. The molecule has 9 heteroatoms. The highest BCUT2D eigenvalue weighted by atomic mass is 32.2. The summed E-state index contributed by atoms with van der Waals surface area (Å²) in [7, 11) is -3.56. The van der Waals surface area contributed by atoms with E-state index in [2.05, 4.69) is 15.1 Å². The minimum absolute atomic E-state index is 0.217. The van der Waals surface area contributed by atoms with Crippen LogP contribution in [0, 0.1) is 0 Å². The van der Waals surface area contributed by atoms with Crippen molar-refractivity contribution in [3.63, 3.8) is 0 Å². The number of hydrogen-bond donors (Lipinski definition) is 1. The fourth-order valence-electron chi connectivity index (χ4n) is 3.76. The molecule has 0 bridgehead atoms. The first-order valence-electron chi connectivity index (χ1n) is 9.52. The average molecular weight is 409 g/mol. The third-order valence-corrected chi connectivity index (χ3v) is 7.15. The summed E-state index contributed by atoms with van der Waals surface area (Å²) in [6.07, 6.45) is 2.81. The molecule has 0 saturated carbocycles. The number of H-pyrrole nitrogens is 1. The van der Waals surface area contributed by atoms with E-state index >= 15 is 0 Å². The van der Waals surface area contributed by atoms with Crippen molar-refractivity contribution in [1.82, 2.24) is 23.9 Å². The molecule has 2 aromatic carbocycles. The van der Waals surface area contributed by atoms with E-state index in [4.69, 9.17) is 0 Å². The molecule has 0 amide bonds. The van der Waals surface area contributed by atoms with Crippen molar-refractivity contribution in [2.24, 2.45) is 0 Å². The Morgan fingerprint density at radius 3 is 2.59 bits per heavy atom. The number of aromatic amines is 1. The molecule has 2 aromatic heterocycles. The van der Waals surface area contributed by atoms with Crippen LogP contribution in [0.4, 0.5) is 0 Å². The number of rotatable bonds is 3. The van der Waals surface area contributed by atoms with E-state index in [-0.39, 0.29) is 4.90 Å². The highest BCUT2D eigenvalue weighted by molar-refractivity contribution is 7.89. The SMILES string of the molecule is O=c1[nH]c2ccccc2c2nc(-c3cccc(S(=O)(=O)N4CCCCC4)c3)nn12. The van der Waals surface area contributed by atoms with Crippen molar-refractivity contribution in [3.8, 4) is 11.4 Å². The normalized spacial score (nSPS) is 15.9. The molecule has 1 fully saturated rings. The number of para-hydroxylation sites is 1. The van der Waals surface area contributed by atoms with Gasteiger partial charge in [-0.15, -0.1) is 5.10 Å². The summed E-state index contributed by atoms with van der Waals surface area (Å²) in [5, 5.41) is 5.09. The number of nitrogens with zero attached hydrogens (tertiary/aromatic N) is 4. The Morgan fingerprint density at radius 2 is 1.76 bits per heavy atom. The monoisotopic (exact) mass is 409 g/mol. The molecule has 5 rings (SSSR count). The largest absolute Gasteiger partial charge is 0.348 e. The molecule has 1 aliphatic rings. The molecule has 3 heterocycles. The Kier molecular flexibility index (Phi) is 4.21. The fourth-order valence-corrected chi connectivity index (χ4v) is 5.32. The molecule has 0 spiro atoms. The van der Waals surface area contributed by atoms with Gasteiger partial charge in [0.05, 0.1) is 10.4 Å². The Balaban J connectivity index is 1.63. The Hall–Kier alpha value is -3.04. The van der Waals surface area contributed by atoms with Crippen molar-refractivity contribution < 1.29 is 8.42 Å². The first-order valence-corrected chi connectivity index (χ1v) is 11.0. The number of benzene rings is 2. The summed E-state index contributed by atoms with van der Waals surface area (Å²) in [6, 6.07) is 14.0. The Labute approximate surface area is 166 Å². The van der Waals surface area contributed by atoms with Crippen LogP contribution in [0.1, 0.15) is 19.3 Å². The van der Waals surface area contributed by atoms with Gasteiger partial charge in [-0.05, 0) is 37.1 Å². The molecule has 1 saturated heterocycles. The van der Waals surface area contributed by atoms with E-state index in [0.29, 0.717) is 35.6 Å². The maximum Gasteiger partial charge on any atom is 0.348 e. The molecule has 0 aliphatic carbocycles. The first kappa shape index (κ1) is 18.0. The maximum absolute atomic E-state index is 13.0. The molecule has 4 aromatic rings. The minimum Gasteiger partial charge on any atom is -0.305 e. The van der Waals surface area contributed by atoms with Gasteiger partial charge in [-0.25, -0.2) is 18.2 Å². The van der Waals surface area contributed by atoms with Crippen molar-refractivity contribution in [1.29, 1.82) is 0 Å². The molecule has 8 nitrogen and oxygen atoms in total. The van der Waals surface area contributed by atoms with Crippen LogP contribution in [-0.2, 0) is 10.0 Å². The van der Waals surface area contributed by atoms with Crippen molar-refractivity contribution >= 4 is 26.6 Å². The van der Waals surface area contributed by atoms with Crippen LogP contribution in [0.3, 0.4) is 0 Å². The van der Waals surface area contributed by atoms with Gasteiger partial charge in [0.25, 0.3) is 0 Å². The topological polar surface area (TPSA) is 100 Å². The third kappa shape index (κ3) is 3.02. The molecule has 0 unspecified atom stereocenters. The zero-order valence-corrected chi connectivity index (χ0v) is 16.4. The lowest BCUT2D eigenvalue weighted by Crippen LogP contribution is -2.35. The summed E-state index contributed by atoms with van der Waals surface area (Å²) in [5.74, 6) is 0.308. The van der Waals surface area contributed by atoms with Gasteiger partial charge in [0.15, 0.2) is 11.5 Å². The second-order valence-electron chi connectivity index (χ2n) is 7.14. The Bertz CT molecular complexity index is 1380. The summed E-state index contributed by atoms with van der Waals surface area (Å²) in [5.41, 5.74) is 1.26. The van der Waals surface area contributed by atoms with E-state index in [1.807, 2.05) is 18.2 Å². The lowest BCUT2D eigenvalue weighted by molar-refractivity contribution is 0.346. The van der Waals surface area contributed by atoms with Crippen LogP contribution >= 0.6 is 0 Å². The predicted octanol–water partition coefficient (Wildman–Crippen LogP) is 2.41. The number of fused-ring (bicyclic) bond motifs is 3. The molecule has 1 aliphatic heterocycles. The second-order valence-corrected chi connectivity index (χ2v) is 9.08. The van der Waals surface area contributed by atoms with E-state index in [1.54, 1.807) is 30.3 Å². The Morgan fingerprint density at radius 1 is 0.966 bits per heavy atom. The van der Waals surface area contributed by atoms with Gasteiger partial charge >= 0.3 is 5.69 Å². The van der Waals surface area contributed by atoms with Gasteiger partial charge in [-0.3, -0.25) is 0 Å². The summed E-state index contributed by atoms with van der Waals surface area (Å²) in [4.78, 5) is 19.9. The summed E-state index contributed by atoms with van der Waals surface area (Å²) >= 11 is 0. The highest BCUT2D eigenvalue weighted by Gasteiger charge is 2.26. The van der Waals surface area contributed by atoms with Crippen molar-refractivity contribution in [3.05, 3.63) is 59.0 Å². The van der Waals surface area contributed by atoms with Gasteiger partial charge in [-0.2, -0.15) is 8.82 Å². The first-order chi connectivity index (χ1) is 14.0. The lowest BCUT2D eigenvalue weighted by atomic mass is 10.2. The van der Waals surface area contributed by atoms with Crippen molar-refractivity contribution in [2.45, 2.75) is 24.2 Å². The predicted molar refractivity (Wildman–Crippen MR) is 109 cm³/mol. The van der Waals surface area contributed by atoms with Crippen LogP contribution in [0.15, 0.2) is 58.2 Å². The molecule has 1 N–H and O–H groups in total. The van der Waals surface area contributed by atoms with Crippen LogP contribution in [0.5, 0.6) is 0 Å². The van der Waals surface area contributed by atoms with Crippen LogP contribution in [-0.4, -0.2) is 45.4 Å². The van der Waals surface area contributed by atoms with Gasteiger partial charge in [0.2, 0.25) is 10.0 Å². The number of nitrogens with one attached hydrogen (secondary N) is 1. The second kappa shape index (κ2) is 6.78. The summed E-state index contributed by atoms with van der Waals surface area (Å²) < 4.78 is 28.7. The fraction of sp³-hybridized carbons (Fsp3) is 0.250. The highest BCUT2D eigenvalue weighted by Crippen LogP contribution is 2.25. The number of aromatic nitrogens is 4. The molecule has 0 atom stereocenters. The molecule has 148 valence electrons. The molecule has 29 heavy (non-hydrogen) atoms. The van der Waals surface area contributed by atoms with Gasteiger partial charge < -0.3 is 4.98 Å². The molecule has 0 radical (unpaired) electrons. The minimum atomic E-state index is -3.56. The van der Waals surface area contributed by atoms with Crippen LogP contribution in [0.25, 0.3) is 27.9 Å². The maximum atomic E-state index is 13.0. The van der Waals surface area contributed by atoms with Gasteiger partial charge in [-0.1, -0.05) is 30.7 Å². The number of sulfonamides is 1.